The molecule has 5 rings (SSSR count). The van der Waals surface area contributed by atoms with Crippen LogP contribution in [0.2, 0.25) is 10.0 Å². The predicted octanol–water partition coefficient (Wildman–Crippen LogP) is 7.17. The first-order valence-corrected chi connectivity index (χ1v) is 16.9. The van der Waals surface area contributed by atoms with Crippen molar-refractivity contribution in [2.45, 2.75) is 31.6 Å². The van der Waals surface area contributed by atoms with E-state index in [4.69, 9.17) is 33.1 Å². The largest absolute Gasteiger partial charge is 0.382 e. The zero-order chi connectivity index (χ0) is 30.8. The van der Waals surface area contributed by atoms with Crippen molar-refractivity contribution in [2.75, 3.05) is 18.8 Å². The van der Waals surface area contributed by atoms with E-state index in [-0.39, 0.29) is 17.4 Å². The van der Waals surface area contributed by atoms with Crippen LogP contribution in [-0.4, -0.2) is 44.0 Å². The number of hydrogen-bond acceptors (Lipinski definition) is 6. The SMILES string of the molecule is CCCS(=O)(=O)Oc1ccc(-c2cc(C(=O)N3CCC(C(N)=O)(c4ccccc4)CC3)sc2-c2ccc(Cl)cc2Cl)cc1. The zero-order valence-electron chi connectivity index (χ0n) is 23.4. The van der Waals surface area contributed by atoms with Gasteiger partial charge < -0.3 is 14.8 Å². The highest BCUT2D eigenvalue weighted by Gasteiger charge is 2.42. The Morgan fingerprint density at radius 1 is 0.953 bits per heavy atom. The lowest BCUT2D eigenvalue weighted by molar-refractivity contribution is -0.125. The van der Waals surface area contributed by atoms with Gasteiger partial charge in [-0.25, -0.2) is 0 Å². The molecule has 2 heterocycles. The summed E-state index contributed by atoms with van der Waals surface area (Å²) < 4.78 is 29.5. The second-order valence-corrected chi connectivity index (χ2v) is 14.0. The fraction of sp³-hybridized carbons (Fsp3) is 0.250. The van der Waals surface area contributed by atoms with Crippen LogP contribution >= 0.6 is 34.5 Å². The van der Waals surface area contributed by atoms with E-state index in [1.54, 1.807) is 48.2 Å². The molecule has 0 spiro atoms. The van der Waals surface area contributed by atoms with Crippen LogP contribution < -0.4 is 9.92 Å². The number of benzene rings is 3. The summed E-state index contributed by atoms with van der Waals surface area (Å²) in [6.07, 6.45) is 1.30. The molecule has 1 aliphatic rings. The van der Waals surface area contributed by atoms with E-state index in [0.717, 1.165) is 21.6 Å². The maximum absolute atomic E-state index is 13.8. The number of amides is 2. The molecule has 1 aliphatic heterocycles. The van der Waals surface area contributed by atoms with Crippen LogP contribution in [0.25, 0.3) is 21.6 Å². The Labute approximate surface area is 265 Å². The summed E-state index contributed by atoms with van der Waals surface area (Å²) >= 11 is 14.1. The number of carbonyl (C=O) groups is 2. The summed E-state index contributed by atoms with van der Waals surface area (Å²) in [6.45, 7) is 2.52. The summed E-state index contributed by atoms with van der Waals surface area (Å²) in [5.41, 5.74) is 8.17. The number of rotatable bonds is 9. The monoisotopic (exact) mass is 656 g/mol. The van der Waals surface area contributed by atoms with Crippen molar-refractivity contribution >= 4 is 56.5 Å². The van der Waals surface area contributed by atoms with Crippen LogP contribution in [0.4, 0.5) is 0 Å². The molecule has 0 bridgehead atoms. The lowest BCUT2D eigenvalue weighted by Gasteiger charge is -2.40. The van der Waals surface area contributed by atoms with Crippen LogP contribution in [0, 0.1) is 0 Å². The average Bonchev–Trinajstić information content (AvgIpc) is 3.42. The van der Waals surface area contributed by atoms with Crippen molar-refractivity contribution in [3.05, 3.63) is 99.3 Å². The first-order chi connectivity index (χ1) is 20.5. The van der Waals surface area contributed by atoms with Gasteiger partial charge in [0.05, 0.1) is 21.1 Å². The molecule has 2 amide bonds. The van der Waals surface area contributed by atoms with E-state index in [1.807, 2.05) is 42.5 Å². The summed E-state index contributed by atoms with van der Waals surface area (Å²) in [5, 5.41) is 0.926. The number of piperidine rings is 1. The molecule has 0 atom stereocenters. The van der Waals surface area contributed by atoms with E-state index in [2.05, 4.69) is 0 Å². The third kappa shape index (κ3) is 6.60. The quantitative estimate of drug-likeness (QED) is 0.192. The number of halogens is 2. The van der Waals surface area contributed by atoms with Gasteiger partial charge in [-0.1, -0.05) is 78.7 Å². The molecule has 224 valence electrons. The van der Waals surface area contributed by atoms with E-state index in [9.17, 15) is 18.0 Å². The van der Waals surface area contributed by atoms with Gasteiger partial charge in [0.1, 0.15) is 5.75 Å². The molecular formula is C32H30Cl2N2O5S2. The second kappa shape index (κ2) is 12.7. The van der Waals surface area contributed by atoms with Crippen molar-refractivity contribution in [3.63, 3.8) is 0 Å². The van der Waals surface area contributed by atoms with Crippen molar-refractivity contribution in [2.24, 2.45) is 5.73 Å². The van der Waals surface area contributed by atoms with Gasteiger partial charge >= 0.3 is 10.1 Å². The van der Waals surface area contributed by atoms with E-state index in [0.29, 0.717) is 52.8 Å². The fourth-order valence-electron chi connectivity index (χ4n) is 5.39. The topological polar surface area (TPSA) is 107 Å². The Morgan fingerprint density at radius 2 is 1.63 bits per heavy atom. The summed E-state index contributed by atoms with van der Waals surface area (Å²) in [7, 11) is -3.68. The summed E-state index contributed by atoms with van der Waals surface area (Å²) in [5.74, 6) is -0.413. The average molecular weight is 658 g/mol. The van der Waals surface area contributed by atoms with Crippen LogP contribution in [0.5, 0.6) is 5.75 Å². The summed E-state index contributed by atoms with van der Waals surface area (Å²) in [4.78, 5) is 29.5. The van der Waals surface area contributed by atoms with Crippen LogP contribution in [0.1, 0.15) is 41.4 Å². The highest BCUT2D eigenvalue weighted by Crippen LogP contribution is 2.44. The van der Waals surface area contributed by atoms with Gasteiger partial charge in [0, 0.05) is 34.1 Å². The highest BCUT2D eigenvalue weighted by molar-refractivity contribution is 7.87. The van der Waals surface area contributed by atoms with Gasteiger partial charge in [-0.15, -0.1) is 11.3 Å². The van der Waals surface area contributed by atoms with E-state index < -0.39 is 21.4 Å². The molecule has 0 unspecified atom stereocenters. The number of nitrogens with two attached hydrogens (primary N) is 1. The number of primary amides is 1. The van der Waals surface area contributed by atoms with Crippen molar-refractivity contribution in [3.8, 4) is 27.3 Å². The van der Waals surface area contributed by atoms with Gasteiger partial charge in [-0.3, -0.25) is 9.59 Å². The van der Waals surface area contributed by atoms with Gasteiger partial charge in [0.25, 0.3) is 5.91 Å². The minimum atomic E-state index is -3.68. The molecule has 11 heteroatoms. The fourth-order valence-corrected chi connectivity index (χ4v) is 8.13. The molecule has 1 fully saturated rings. The molecule has 3 aromatic carbocycles. The minimum absolute atomic E-state index is 0.0770. The highest BCUT2D eigenvalue weighted by atomic mass is 35.5. The van der Waals surface area contributed by atoms with Gasteiger partial charge in [-0.2, -0.15) is 8.42 Å². The Kier molecular flexibility index (Phi) is 9.18. The number of hydrogen-bond donors (Lipinski definition) is 1. The van der Waals surface area contributed by atoms with Crippen molar-refractivity contribution in [1.29, 1.82) is 0 Å². The smallest absolute Gasteiger partial charge is 0.309 e. The molecular weight excluding hydrogens is 627 g/mol. The lowest BCUT2D eigenvalue weighted by Crippen LogP contribution is -2.51. The first-order valence-electron chi connectivity index (χ1n) is 13.8. The van der Waals surface area contributed by atoms with Crippen molar-refractivity contribution < 1.29 is 22.2 Å². The molecule has 4 aromatic rings. The van der Waals surface area contributed by atoms with Gasteiger partial charge in [-0.05, 0) is 60.7 Å². The Morgan fingerprint density at radius 3 is 2.23 bits per heavy atom. The molecule has 1 aromatic heterocycles. The molecule has 0 aliphatic carbocycles. The third-order valence-electron chi connectivity index (χ3n) is 7.66. The van der Waals surface area contributed by atoms with Gasteiger partial charge in [0.2, 0.25) is 5.91 Å². The summed E-state index contributed by atoms with van der Waals surface area (Å²) in [6, 6.07) is 23.2. The number of nitrogens with zero attached hydrogens (tertiary/aromatic N) is 1. The standard InChI is InChI=1S/C32H30Cl2N2O5S2/c1-2-18-43(39,40)41-24-11-8-21(9-12-24)26-20-28(42-29(26)25-13-10-23(33)19-27(25)34)30(37)36-16-14-32(15-17-36,31(35)38)22-6-4-3-5-7-22/h3-13,19-20H,2,14-18H2,1H3,(H2,35,38). The third-order valence-corrected chi connectivity index (χ3v) is 10.7. The predicted molar refractivity (Wildman–Crippen MR) is 172 cm³/mol. The van der Waals surface area contributed by atoms with Crippen molar-refractivity contribution in [1.82, 2.24) is 4.90 Å². The molecule has 7 nitrogen and oxygen atoms in total. The molecule has 1 saturated heterocycles. The Bertz CT molecular complexity index is 1750. The maximum Gasteiger partial charge on any atom is 0.309 e. The van der Waals surface area contributed by atoms with E-state index >= 15 is 0 Å². The second-order valence-electron chi connectivity index (χ2n) is 10.5. The Balaban J connectivity index is 1.46. The normalized spacial score (nSPS) is 14.8. The number of thiophene rings is 1. The van der Waals surface area contributed by atoms with Crippen LogP contribution in [-0.2, 0) is 20.3 Å². The van der Waals surface area contributed by atoms with Gasteiger partial charge in [0.15, 0.2) is 0 Å². The maximum atomic E-state index is 13.8. The number of carbonyl (C=O) groups excluding carboxylic acids is 2. The molecule has 0 saturated carbocycles. The van der Waals surface area contributed by atoms with Crippen LogP contribution in [0.3, 0.4) is 0 Å². The zero-order valence-corrected chi connectivity index (χ0v) is 26.5. The van der Waals surface area contributed by atoms with E-state index in [1.165, 1.54) is 11.3 Å². The number of likely N-dealkylation sites (tertiary alicyclic amines) is 1. The molecule has 43 heavy (non-hydrogen) atoms. The Hall–Kier alpha value is -3.37. The first kappa shape index (κ1) is 31.1. The molecule has 0 radical (unpaired) electrons. The minimum Gasteiger partial charge on any atom is -0.382 e. The van der Waals surface area contributed by atoms with Crippen LogP contribution in [0.15, 0.2) is 78.9 Å². The lowest BCUT2D eigenvalue weighted by atomic mass is 9.72. The molecule has 2 N–H and O–H groups in total.